The Morgan fingerprint density at radius 3 is 2.05 bits per heavy atom. The minimum Gasteiger partial charge on any atom is -0.207 e. The van der Waals surface area contributed by atoms with Crippen LogP contribution in [0.3, 0.4) is 0 Å². The fraction of sp³-hybridized carbons (Fsp3) is 0.0909. The summed E-state index contributed by atoms with van der Waals surface area (Å²) >= 11 is 0. The number of benzene rings is 4. The number of hydrogen-bond acceptors (Lipinski definition) is 0. The third-order valence-corrected chi connectivity index (χ3v) is 7.72. The summed E-state index contributed by atoms with van der Waals surface area (Å²) in [5, 5.41) is 3.50. The highest BCUT2D eigenvalue weighted by Gasteiger charge is 2.41. The van der Waals surface area contributed by atoms with Gasteiger partial charge in [-0.1, -0.05) is 32.0 Å². The molecule has 0 atom stereocenters. The summed E-state index contributed by atoms with van der Waals surface area (Å²) in [5.41, 5.74) is 7.72. The van der Waals surface area contributed by atoms with E-state index in [0.717, 1.165) is 22.3 Å². The summed E-state index contributed by atoms with van der Waals surface area (Å²) in [6, 6.07) is 28.2. The number of hydrogen-bond donors (Lipinski definition) is 0. The molecular formula is C33H24F2N2+2. The second kappa shape index (κ2) is 7.78. The van der Waals surface area contributed by atoms with Gasteiger partial charge in [0.15, 0.2) is 18.6 Å². The van der Waals surface area contributed by atoms with E-state index in [4.69, 9.17) is 0 Å². The van der Waals surface area contributed by atoms with Gasteiger partial charge in [0.2, 0.25) is 16.9 Å². The number of rotatable bonds is 2. The van der Waals surface area contributed by atoms with Crippen LogP contribution in [0.1, 0.15) is 25.0 Å². The van der Waals surface area contributed by atoms with E-state index in [1.54, 1.807) is 12.1 Å². The zero-order valence-corrected chi connectivity index (χ0v) is 20.5. The number of halogens is 2. The Morgan fingerprint density at radius 1 is 0.649 bits per heavy atom. The Hall–Kier alpha value is -4.44. The van der Waals surface area contributed by atoms with Crippen LogP contribution in [0.25, 0.3) is 44.2 Å². The predicted octanol–water partition coefficient (Wildman–Crippen LogP) is 7.13. The maximum absolute atomic E-state index is 13.7. The summed E-state index contributed by atoms with van der Waals surface area (Å²) < 4.78 is 31.4. The maximum Gasteiger partial charge on any atom is 0.219 e. The van der Waals surface area contributed by atoms with E-state index in [1.807, 2.05) is 29.0 Å². The molecule has 2 nitrogen and oxygen atoms in total. The molecule has 4 heteroatoms. The molecule has 4 aromatic carbocycles. The summed E-state index contributed by atoms with van der Waals surface area (Å²) in [6.07, 6.45) is 6.38. The average Bonchev–Trinajstić information content (AvgIpc) is 3.15. The molecule has 37 heavy (non-hydrogen) atoms. The quantitative estimate of drug-likeness (QED) is 0.230. The third kappa shape index (κ3) is 3.22. The highest BCUT2D eigenvalue weighted by atomic mass is 19.1. The van der Waals surface area contributed by atoms with Gasteiger partial charge < -0.3 is 0 Å². The predicted molar refractivity (Wildman–Crippen MR) is 142 cm³/mol. The summed E-state index contributed by atoms with van der Waals surface area (Å²) in [5.74, 6) is -0.487. The van der Waals surface area contributed by atoms with E-state index >= 15 is 0 Å². The van der Waals surface area contributed by atoms with Crippen LogP contribution in [0.5, 0.6) is 0 Å². The van der Waals surface area contributed by atoms with E-state index in [1.165, 1.54) is 57.3 Å². The first-order valence-electron chi connectivity index (χ1n) is 12.4. The molecular weight excluding hydrogens is 462 g/mol. The van der Waals surface area contributed by atoms with Crippen molar-refractivity contribution in [2.24, 2.45) is 0 Å². The van der Waals surface area contributed by atoms with Crippen LogP contribution in [-0.2, 0) is 5.41 Å². The second-order valence-corrected chi connectivity index (χ2v) is 10.2. The van der Waals surface area contributed by atoms with Gasteiger partial charge in [-0.2, -0.15) is 9.13 Å². The number of fused-ring (bicyclic) bond motifs is 7. The molecule has 178 valence electrons. The van der Waals surface area contributed by atoms with Gasteiger partial charge in [-0.15, -0.1) is 0 Å². The molecule has 0 bridgehead atoms. The molecule has 0 radical (unpaired) electrons. The fourth-order valence-corrected chi connectivity index (χ4v) is 5.95. The maximum atomic E-state index is 13.7. The Morgan fingerprint density at radius 2 is 1.32 bits per heavy atom. The van der Waals surface area contributed by atoms with Crippen molar-refractivity contribution in [3.05, 3.63) is 132 Å². The molecule has 7 rings (SSSR count). The molecule has 0 spiro atoms. The summed E-state index contributed by atoms with van der Waals surface area (Å²) in [4.78, 5) is 0. The second-order valence-electron chi connectivity index (χ2n) is 10.2. The van der Waals surface area contributed by atoms with Crippen LogP contribution in [0, 0.1) is 11.6 Å². The Balaban J connectivity index is 1.48. The fourth-order valence-electron chi connectivity index (χ4n) is 5.95. The lowest BCUT2D eigenvalue weighted by Crippen LogP contribution is -2.34. The average molecular weight is 487 g/mol. The zero-order valence-electron chi connectivity index (χ0n) is 20.5. The number of para-hydroxylation sites is 1. The number of pyridine rings is 2. The molecule has 0 unspecified atom stereocenters. The molecule has 2 aromatic heterocycles. The number of nitrogens with zero attached hydrogens (tertiary/aromatic N) is 2. The van der Waals surface area contributed by atoms with Crippen LogP contribution in [0.2, 0.25) is 0 Å². The first-order chi connectivity index (χ1) is 17.9. The van der Waals surface area contributed by atoms with Crippen LogP contribution in [-0.4, -0.2) is 0 Å². The van der Waals surface area contributed by atoms with Gasteiger partial charge in [0.05, 0.1) is 5.39 Å². The SMILES string of the molecule is CC1(C)c2c[n+](-c3ccc(F)cc3)c3ccccc3c2-c2ccc3c[n+](-c4ccc(F)cc4)ccc3c21. The molecule has 0 aliphatic heterocycles. The van der Waals surface area contributed by atoms with Gasteiger partial charge >= 0.3 is 0 Å². The monoisotopic (exact) mass is 486 g/mol. The largest absolute Gasteiger partial charge is 0.219 e. The minimum absolute atomic E-state index is 0.243. The standard InChI is InChI=1S/C33H24F2N2/c1-33(2)29-20-37(25-14-10-23(35)11-15-25)30-6-4-3-5-27(30)31(29)28-16-7-21-19-36(18-17-26(21)32(28)33)24-12-8-22(34)9-13-24/h3-20H,1-2H3/q+2. The van der Waals surface area contributed by atoms with Crippen molar-refractivity contribution in [2.45, 2.75) is 19.3 Å². The highest BCUT2D eigenvalue weighted by Crippen LogP contribution is 2.52. The lowest BCUT2D eigenvalue weighted by atomic mass is 9.81. The Bertz CT molecular complexity index is 1850. The highest BCUT2D eigenvalue weighted by molar-refractivity contribution is 6.04. The molecule has 6 aromatic rings. The Kier molecular flexibility index (Phi) is 4.58. The smallest absolute Gasteiger partial charge is 0.207 e. The van der Waals surface area contributed by atoms with E-state index < -0.39 is 0 Å². The van der Waals surface area contributed by atoms with Crippen LogP contribution in [0.15, 0.2) is 110 Å². The van der Waals surface area contributed by atoms with Crippen LogP contribution < -0.4 is 9.13 Å². The van der Waals surface area contributed by atoms with Crippen molar-refractivity contribution in [3.8, 4) is 22.5 Å². The molecule has 0 saturated carbocycles. The van der Waals surface area contributed by atoms with E-state index in [2.05, 4.69) is 67.2 Å². The zero-order chi connectivity index (χ0) is 25.3. The van der Waals surface area contributed by atoms with Crippen molar-refractivity contribution < 1.29 is 17.9 Å². The van der Waals surface area contributed by atoms with Crippen molar-refractivity contribution in [3.63, 3.8) is 0 Å². The number of aromatic nitrogens is 2. The molecule has 0 amide bonds. The Labute approximate surface area is 213 Å². The summed E-state index contributed by atoms with van der Waals surface area (Å²) in [6.45, 7) is 4.56. The lowest BCUT2D eigenvalue weighted by Gasteiger charge is -2.22. The van der Waals surface area contributed by atoms with E-state index in [9.17, 15) is 8.78 Å². The van der Waals surface area contributed by atoms with Crippen molar-refractivity contribution in [2.75, 3.05) is 0 Å². The normalized spacial score (nSPS) is 13.6. The van der Waals surface area contributed by atoms with Crippen LogP contribution >= 0.6 is 0 Å². The molecule has 1 aliphatic rings. The topological polar surface area (TPSA) is 7.76 Å². The van der Waals surface area contributed by atoms with Gasteiger partial charge in [0.1, 0.15) is 11.6 Å². The van der Waals surface area contributed by atoms with Gasteiger partial charge in [-0.25, -0.2) is 8.78 Å². The summed E-state index contributed by atoms with van der Waals surface area (Å²) in [7, 11) is 0. The van der Waals surface area contributed by atoms with E-state index in [0.29, 0.717) is 0 Å². The molecule has 0 N–H and O–H groups in total. The van der Waals surface area contributed by atoms with Gasteiger partial charge in [0, 0.05) is 58.3 Å². The first-order valence-corrected chi connectivity index (χ1v) is 12.4. The van der Waals surface area contributed by atoms with Gasteiger partial charge in [-0.05, 0) is 52.9 Å². The van der Waals surface area contributed by atoms with E-state index in [-0.39, 0.29) is 17.0 Å². The molecule has 0 saturated heterocycles. The molecule has 1 aliphatic carbocycles. The minimum atomic E-state index is -0.252. The third-order valence-electron chi connectivity index (χ3n) is 7.72. The molecule has 2 heterocycles. The lowest BCUT2D eigenvalue weighted by molar-refractivity contribution is -0.594. The first kappa shape index (κ1) is 21.8. The van der Waals surface area contributed by atoms with Crippen LogP contribution in [0.4, 0.5) is 8.78 Å². The van der Waals surface area contributed by atoms with Gasteiger partial charge in [-0.3, -0.25) is 0 Å². The van der Waals surface area contributed by atoms with Crippen molar-refractivity contribution in [1.29, 1.82) is 0 Å². The van der Waals surface area contributed by atoms with Crippen molar-refractivity contribution in [1.82, 2.24) is 0 Å². The van der Waals surface area contributed by atoms with Gasteiger partial charge in [0.25, 0.3) is 0 Å². The van der Waals surface area contributed by atoms with Crippen molar-refractivity contribution >= 4 is 21.7 Å². The molecule has 0 fully saturated rings.